The third kappa shape index (κ3) is 3.33. The molecule has 1 aliphatic rings. The van der Waals surface area contributed by atoms with Crippen molar-refractivity contribution in [3.63, 3.8) is 0 Å². The van der Waals surface area contributed by atoms with Gasteiger partial charge >= 0.3 is 6.09 Å². The van der Waals surface area contributed by atoms with Gasteiger partial charge in [-0.05, 0) is 34.1 Å². The molecule has 0 bridgehead atoms. The number of hydrogen-bond donors (Lipinski definition) is 1. The maximum atomic E-state index is 13.5. The molecule has 0 spiro atoms. The summed E-state index contributed by atoms with van der Waals surface area (Å²) in [6, 6.07) is 0. The van der Waals surface area contributed by atoms with Crippen molar-refractivity contribution in [3.8, 4) is 0 Å². The molecule has 1 unspecified atom stereocenters. The molecule has 2 atom stereocenters. The molecule has 1 N–H and O–H groups in total. The Labute approximate surface area is 95.4 Å². The van der Waals surface area contributed by atoms with Crippen LogP contribution in [0.4, 0.5) is 9.18 Å². The molecule has 1 fully saturated rings. The zero-order valence-electron chi connectivity index (χ0n) is 10.3. The van der Waals surface area contributed by atoms with Crippen molar-refractivity contribution in [3.05, 3.63) is 0 Å². The predicted molar refractivity (Wildman–Crippen MR) is 57.9 cm³/mol. The van der Waals surface area contributed by atoms with Gasteiger partial charge < -0.3 is 14.7 Å². The number of ether oxygens (including phenoxy) is 1. The lowest BCUT2D eigenvalue weighted by atomic mass is 9.92. The van der Waals surface area contributed by atoms with Crippen LogP contribution in [-0.4, -0.2) is 46.6 Å². The molecule has 0 aliphatic carbocycles. The highest BCUT2D eigenvalue weighted by atomic mass is 19.1. The highest BCUT2D eigenvalue weighted by molar-refractivity contribution is 5.68. The summed E-state index contributed by atoms with van der Waals surface area (Å²) >= 11 is 0. The lowest BCUT2D eigenvalue weighted by Crippen LogP contribution is -2.54. The van der Waals surface area contributed by atoms with Crippen LogP contribution in [0.3, 0.4) is 0 Å². The average molecular weight is 233 g/mol. The van der Waals surface area contributed by atoms with Crippen LogP contribution in [0.25, 0.3) is 0 Å². The minimum absolute atomic E-state index is 0.109. The van der Waals surface area contributed by atoms with E-state index >= 15 is 0 Å². The molecule has 0 radical (unpaired) electrons. The van der Waals surface area contributed by atoms with Gasteiger partial charge in [0.05, 0.1) is 12.1 Å². The molecule has 0 aromatic rings. The van der Waals surface area contributed by atoms with Crippen molar-refractivity contribution in [2.45, 2.75) is 51.5 Å². The van der Waals surface area contributed by atoms with E-state index in [1.807, 2.05) is 0 Å². The van der Waals surface area contributed by atoms with E-state index in [1.165, 1.54) is 11.8 Å². The highest BCUT2D eigenvalue weighted by Gasteiger charge is 2.40. The molecule has 16 heavy (non-hydrogen) atoms. The number of nitrogens with zero attached hydrogens (tertiary/aromatic N) is 1. The van der Waals surface area contributed by atoms with Crippen LogP contribution >= 0.6 is 0 Å². The molecule has 1 amide bonds. The number of likely N-dealkylation sites (tertiary alicyclic amines) is 1. The van der Waals surface area contributed by atoms with Crippen molar-refractivity contribution in [2.75, 3.05) is 13.1 Å². The number of hydrogen-bond acceptors (Lipinski definition) is 3. The summed E-state index contributed by atoms with van der Waals surface area (Å²) in [7, 11) is 0. The fraction of sp³-hybridized carbons (Fsp3) is 0.909. The largest absolute Gasteiger partial charge is 0.444 e. The summed E-state index contributed by atoms with van der Waals surface area (Å²) in [6.45, 7) is 6.95. The Kier molecular flexibility index (Phi) is 3.47. The van der Waals surface area contributed by atoms with E-state index in [0.717, 1.165) is 0 Å². The summed E-state index contributed by atoms with van der Waals surface area (Å²) < 4.78 is 18.6. The summed E-state index contributed by atoms with van der Waals surface area (Å²) in [5.41, 5.74) is -1.92. The maximum Gasteiger partial charge on any atom is 0.410 e. The fourth-order valence-electron chi connectivity index (χ4n) is 1.49. The molecular weight excluding hydrogens is 213 g/mol. The Balaban J connectivity index is 2.55. The molecule has 94 valence electrons. The lowest BCUT2D eigenvalue weighted by Gasteiger charge is -2.38. The molecule has 0 saturated carbocycles. The molecule has 0 aromatic heterocycles. The molecule has 4 nitrogen and oxygen atoms in total. The molecular formula is C11H20FNO3. The molecule has 1 heterocycles. The van der Waals surface area contributed by atoms with Gasteiger partial charge in [-0.15, -0.1) is 0 Å². The van der Waals surface area contributed by atoms with Crippen LogP contribution in [0, 0.1) is 0 Å². The predicted octanol–water partition coefficient (Wildman–Crippen LogP) is 1.72. The average Bonchev–Trinajstić information content (AvgIpc) is 2.06. The number of rotatable bonds is 0. The Morgan fingerprint density at radius 1 is 1.56 bits per heavy atom. The van der Waals surface area contributed by atoms with Gasteiger partial charge in [-0.2, -0.15) is 0 Å². The fourth-order valence-corrected chi connectivity index (χ4v) is 1.49. The Morgan fingerprint density at radius 2 is 2.12 bits per heavy atom. The monoisotopic (exact) mass is 233 g/mol. The van der Waals surface area contributed by atoms with E-state index in [9.17, 15) is 14.3 Å². The first kappa shape index (κ1) is 13.2. The van der Waals surface area contributed by atoms with E-state index in [4.69, 9.17) is 4.74 Å². The van der Waals surface area contributed by atoms with Crippen molar-refractivity contribution in [1.29, 1.82) is 0 Å². The Bertz CT molecular complexity index is 273. The second kappa shape index (κ2) is 4.20. The van der Waals surface area contributed by atoms with Crippen molar-refractivity contribution < 1.29 is 19.0 Å². The van der Waals surface area contributed by atoms with E-state index in [2.05, 4.69) is 0 Å². The van der Waals surface area contributed by atoms with Crippen LogP contribution < -0.4 is 0 Å². The van der Waals surface area contributed by atoms with E-state index in [-0.39, 0.29) is 13.0 Å². The number of carbonyl (C=O) groups excluding carboxylic acids is 1. The van der Waals surface area contributed by atoms with E-state index in [1.54, 1.807) is 20.8 Å². The zero-order chi connectivity index (χ0) is 12.6. The first-order chi connectivity index (χ1) is 7.12. The van der Waals surface area contributed by atoms with Gasteiger partial charge in [-0.3, -0.25) is 0 Å². The van der Waals surface area contributed by atoms with Gasteiger partial charge in [0, 0.05) is 6.54 Å². The van der Waals surface area contributed by atoms with Crippen molar-refractivity contribution >= 4 is 6.09 Å². The second-order valence-electron chi connectivity index (χ2n) is 5.50. The van der Waals surface area contributed by atoms with E-state index < -0.39 is 23.5 Å². The number of halogens is 1. The molecule has 1 rings (SSSR count). The van der Waals surface area contributed by atoms with Gasteiger partial charge in [0.1, 0.15) is 11.8 Å². The van der Waals surface area contributed by atoms with Gasteiger partial charge in [-0.1, -0.05) is 0 Å². The highest BCUT2D eigenvalue weighted by Crippen LogP contribution is 2.25. The summed E-state index contributed by atoms with van der Waals surface area (Å²) in [5.74, 6) is 0. The first-order valence-corrected chi connectivity index (χ1v) is 5.46. The molecule has 1 saturated heterocycles. The minimum atomic E-state index is -1.42. The number of piperidine rings is 1. The number of amides is 1. The SMILES string of the molecule is CC(C)(C)OC(=O)N1CCC(C)(O)[C@H](F)C1. The van der Waals surface area contributed by atoms with Gasteiger partial charge in [0.15, 0.2) is 0 Å². The topological polar surface area (TPSA) is 49.8 Å². The second-order valence-corrected chi connectivity index (χ2v) is 5.50. The lowest BCUT2D eigenvalue weighted by molar-refractivity contribution is -0.0734. The maximum absolute atomic E-state index is 13.5. The van der Waals surface area contributed by atoms with Crippen molar-refractivity contribution in [2.24, 2.45) is 0 Å². The van der Waals surface area contributed by atoms with Crippen LogP contribution in [0.1, 0.15) is 34.1 Å². The number of carbonyl (C=O) groups is 1. The normalized spacial score (nSPS) is 31.4. The Morgan fingerprint density at radius 3 is 2.56 bits per heavy atom. The third-order valence-corrected chi connectivity index (χ3v) is 2.60. The Hall–Kier alpha value is -0.840. The van der Waals surface area contributed by atoms with Gasteiger partial charge in [0.25, 0.3) is 0 Å². The van der Waals surface area contributed by atoms with Gasteiger partial charge in [0.2, 0.25) is 0 Å². The quantitative estimate of drug-likeness (QED) is 0.693. The van der Waals surface area contributed by atoms with Gasteiger partial charge in [-0.25, -0.2) is 9.18 Å². The van der Waals surface area contributed by atoms with Crippen LogP contribution in [0.15, 0.2) is 0 Å². The number of alkyl halides is 1. The minimum Gasteiger partial charge on any atom is -0.444 e. The van der Waals surface area contributed by atoms with E-state index in [0.29, 0.717) is 6.54 Å². The molecule has 5 heteroatoms. The third-order valence-electron chi connectivity index (χ3n) is 2.60. The number of aliphatic hydroxyl groups is 1. The van der Waals surface area contributed by atoms with Crippen LogP contribution in [-0.2, 0) is 4.74 Å². The molecule has 0 aromatic carbocycles. The van der Waals surface area contributed by atoms with Crippen LogP contribution in [0.5, 0.6) is 0 Å². The summed E-state index contributed by atoms with van der Waals surface area (Å²) in [5, 5.41) is 9.62. The van der Waals surface area contributed by atoms with Crippen LogP contribution in [0.2, 0.25) is 0 Å². The standard InChI is InChI=1S/C11H20FNO3/c1-10(2,3)16-9(14)13-6-5-11(4,15)8(12)7-13/h8,15H,5-7H2,1-4H3/t8-,11?/m1/s1. The smallest absolute Gasteiger partial charge is 0.410 e. The summed E-state index contributed by atoms with van der Waals surface area (Å²) in [4.78, 5) is 12.9. The first-order valence-electron chi connectivity index (χ1n) is 5.46. The molecule has 1 aliphatic heterocycles. The summed E-state index contributed by atoms with van der Waals surface area (Å²) in [6.07, 6.45) is -1.72. The van der Waals surface area contributed by atoms with Crippen molar-refractivity contribution in [1.82, 2.24) is 4.90 Å². The zero-order valence-corrected chi connectivity index (χ0v) is 10.3.